The van der Waals surface area contributed by atoms with E-state index in [9.17, 15) is 9.50 Å². The van der Waals surface area contributed by atoms with E-state index in [0.717, 1.165) is 16.5 Å². The van der Waals surface area contributed by atoms with Gasteiger partial charge in [0, 0.05) is 29.2 Å². The molecular weight excluding hydrogens is 411 g/mol. The quantitative estimate of drug-likeness (QED) is 0.421. The molecule has 1 aromatic heterocycles. The summed E-state index contributed by atoms with van der Waals surface area (Å²) < 4.78 is 21.7. The fourth-order valence-electron chi connectivity index (χ4n) is 3.79. The van der Waals surface area contributed by atoms with E-state index in [1.165, 1.54) is 6.07 Å². The summed E-state index contributed by atoms with van der Waals surface area (Å²) in [5.74, 6) is 0.407. The van der Waals surface area contributed by atoms with Crippen LogP contribution in [0.15, 0.2) is 85.1 Å². The first-order valence-corrected chi connectivity index (χ1v) is 10.0. The van der Waals surface area contributed by atoms with Crippen molar-refractivity contribution in [1.29, 1.82) is 0 Å². The summed E-state index contributed by atoms with van der Waals surface area (Å²) in [6.07, 6.45) is 1.40. The summed E-state index contributed by atoms with van der Waals surface area (Å²) in [7, 11) is 1.83. The number of likely N-dealkylation sites (N-methyl/N-ethyl adjacent to an activating group) is 1. The van der Waals surface area contributed by atoms with Gasteiger partial charge in [-0.3, -0.25) is 0 Å². The smallest absolute Gasteiger partial charge is 0.129 e. The van der Waals surface area contributed by atoms with Gasteiger partial charge in [0.15, 0.2) is 0 Å². The maximum atomic E-state index is 13.8. The lowest BCUT2D eigenvalue weighted by Crippen LogP contribution is -2.33. The largest absolute Gasteiger partial charge is 0.489 e. The van der Waals surface area contributed by atoms with Gasteiger partial charge in [-0.15, -0.1) is 0 Å². The van der Waals surface area contributed by atoms with Gasteiger partial charge in [-0.05, 0) is 42.9 Å². The second-order valence-electron chi connectivity index (χ2n) is 7.30. The topological polar surface area (TPSA) is 46.4 Å². The predicted octanol–water partition coefficient (Wildman–Crippen LogP) is 4.64. The van der Waals surface area contributed by atoms with Gasteiger partial charge in [0.05, 0.1) is 12.1 Å². The molecule has 2 atom stereocenters. The normalized spacial score (nSPS) is 12.9. The van der Waals surface area contributed by atoms with Crippen LogP contribution in [0.25, 0.3) is 10.9 Å². The van der Waals surface area contributed by atoms with Crippen molar-refractivity contribution >= 4 is 24.4 Å². The van der Waals surface area contributed by atoms with Crippen LogP contribution in [0.2, 0.25) is 0 Å². The van der Waals surface area contributed by atoms with E-state index in [1.807, 2.05) is 67.8 Å². The molecule has 6 heteroatoms. The van der Waals surface area contributed by atoms with E-state index in [0.29, 0.717) is 17.9 Å². The monoisotopic (exact) mass is 438 g/mol. The highest BCUT2D eigenvalue weighted by molar-refractivity contribution is 7.59. The standard InChI is InChI=1S/C25H25FN2O2.H2S/c1-27-16-24(29)25(18-7-3-2-4-8-18)28-14-13-19-15-21(11-12-23(19)28)30-17-20-9-5-6-10-22(20)26;/h2-15,24-25,27,29H,16-17H2,1H3;1H2/t24-,25+;/m1./s1. The molecule has 0 fully saturated rings. The summed E-state index contributed by atoms with van der Waals surface area (Å²) in [5, 5.41) is 14.9. The van der Waals surface area contributed by atoms with Crippen LogP contribution in [0.4, 0.5) is 4.39 Å². The Bertz CT molecular complexity index is 1120. The minimum absolute atomic E-state index is 0. The second kappa shape index (κ2) is 10.5. The van der Waals surface area contributed by atoms with Crippen molar-refractivity contribution in [2.45, 2.75) is 18.8 Å². The van der Waals surface area contributed by atoms with Crippen molar-refractivity contribution in [2.24, 2.45) is 0 Å². The Labute approximate surface area is 188 Å². The number of benzene rings is 3. The SMILES string of the molecule is CNC[C@@H](O)[C@H](c1ccccc1)n1ccc2cc(OCc3ccccc3F)ccc21.S. The van der Waals surface area contributed by atoms with Crippen LogP contribution in [0.1, 0.15) is 17.2 Å². The number of hydrogen-bond donors (Lipinski definition) is 2. The number of rotatable bonds is 8. The molecule has 4 aromatic rings. The number of aromatic nitrogens is 1. The van der Waals surface area contributed by atoms with Crippen molar-refractivity contribution in [3.05, 3.63) is 102 Å². The Balaban J connectivity index is 0.00000272. The molecule has 3 aromatic carbocycles. The Morgan fingerprint density at radius 2 is 1.74 bits per heavy atom. The van der Waals surface area contributed by atoms with Crippen LogP contribution < -0.4 is 10.1 Å². The van der Waals surface area contributed by atoms with Gasteiger partial charge < -0.3 is 19.7 Å². The lowest BCUT2D eigenvalue weighted by molar-refractivity contribution is 0.132. The van der Waals surface area contributed by atoms with E-state index >= 15 is 0 Å². The lowest BCUT2D eigenvalue weighted by Gasteiger charge is -2.26. The fraction of sp³-hybridized carbons (Fsp3) is 0.200. The summed E-state index contributed by atoms with van der Waals surface area (Å²) >= 11 is 0. The molecule has 0 aliphatic heterocycles. The zero-order chi connectivity index (χ0) is 20.9. The van der Waals surface area contributed by atoms with Crippen molar-refractivity contribution in [2.75, 3.05) is 13.6 Å². The van der Waals surface area contributed by atoms with Crippen molar-refractivity contribution in [3.8, 4) is 5.75 Å². The van der Waals surface area contributed by atoms with Crippen LogP contribution >= 0.6 is 13.5 Å². The zero-order valence-corrected chi connectivity index (χ0v) is 18.3. The van der Waals surface area contributed by atoms with Crippen LogP contribution in [0.3, 0.4) is 0 Å². The Morgan fingerprint density at radius 1 is 1.00 bits per heavy atom. The number of hydrogen-bond acceptors (Lipinski definition) is 3. The molecule has 0 unspecified atom stereocenters. The van der Waals surface area contributed by atoms with Crippen LogP contribution in [-0.2, 0) is 6.61 Å². The molecule has 4 nitrogen and oxygen atoms in total. The number of fused-ring (bicyclic) bond motifs is 1. The molecule has 31 heavy (non-hydrogen) atoms. The highest BCUT2D eigenvalue weighted by atomic mass is 32.1. The minimum Gasteiger partial charge on any atom is -0.489 e. The van der Waals surface area contributed by atoms with Gasteiger partial charge in [0.1, 0.15) is 18.2 Å². The summed E-state index contributed by atoms with van der Waals surface area (Å²) in [6, 6.07) is 24.2. The lowest BCUT2D eigenvalue weighted by atomic mass is 10.0. The number of nitrogens with one attached hydrogen (secondary N) is 1. The highest BCUT2D eigenvalue weighted by Crippen LogP contribution is 2.30. The Kier molecular flexibility index (Phi) is 7.74. The number of halogens is 1. The molecule has 0 spiro atoms. The molecular formula is C25H27FN2O2S. The van der Waals surface area contributed by atoms with Crippen molar-refractivity contribution in [3.63, 3.8) is 0 Å². The first kappa shape index (κ1) is 22.9. The van der Waals surface area contributed by atoms with Gasteiger partial charge in [0.25, 0.3) is 0 Å². The third-order valence-electron chi connectivity index (χ3n) is 5.26. The van der Waals surface area contributed by atoms with Crippen LogP contribution in [0.5, 0.6) is 5.75 Å². The Morgan fingerprint density at radius 3 is 2.48 bits per heavy atom. The third-order valence-corrected chi connectivity index (χ3v) is 5.26. The molecule has 162 valence electrons. The molecule has 0 saturated carbocycles. The average Bonchev–Trinajstić information content (AvgIpc) is 3.17. The van der Waals surface area contributed by atoms with E-state index in [2.05, 4.69) is 9.88 Å². The van der Waals surface area contributed by atoms with Crippen LogP contribution in [0, 0.1) is 5.82 Å². The number of nitrogens with zero attached hydrogens (tertiary/aromatic N) is 1. The number of ether oxygens (including phenoxy) is 1. The summed E-state index contributed by atoms with van der Waals surface area (Å²) in [5.41, 5.74) is 2.56. The third kappa shape index (κ3) is 5.10. The molecule has 0 aliphatic carbocycles. The summed E-state index contributed by atoms with van der Waals surface area (Å²) in [6.45, 7) is 0.648. The molecule has 0 bridgehead atoms. The van der Waals surface area contributed by atoms with Gasteiger partial charge in [-0.2, -0.15) is 13.5 Å². The molecule has 2 N–H and O–H groups in total. The average molecular weight is 439 g/mol. The predicted molar refractivity (Wildman–Crippen MR) is 128 cm³/mol. The molecule has 0 aliphatic rings. The fourth-order valence-corrected chi connectivity index (χ4v) is 3.79. The minimum atomic E-state index is -0.593. The second-order valence-corrected chi connectivity index (χ2v) is 7.30. The van der Waals surface area contributed by atoms with Gasteiger partial charge in [-0.1, -0.05) is 48.5 Å². The van der Waals surface area contributed by atoms with Crippen LogP contribution in [-0.4, -0.2) is 29.4 Å². The maximum absolute atomic E-state index is 13.8. The molecule has 1 heterocycles. The van der Waals surface area contributed by atoms with Gasteiger partial charge in [0.2, 0.25) is 0 Å². The summed E-state index contributed by atoms with van der Waals surface area (Å²) in [4.78, 5) is 0. The van der Waals surface area contributed by atoms with E-state index in [1.54, 1.807) is 18.2 Å². The molecule has 0 saturated heterocycles. The van der Waals surface area contributed by atoms with Gasteiger partial charge in [-0.25, -0.2) is 4.39 Å². The van der Waals surface area contributed by atoms with Crippen molar-refractivity contribution in [1.82, 2.24) is 9.88 Å². The molecule has 4 rings (SSSR count). The zero-order valence-electron chi connectivity index (χ0n) is 17.3. The van der Waals surface area contributed by atoms with Gasteiger partial charge >= 0.3 is 0 Å². The van der Waals surface area contributed by atoms with Crippen molar-refractivity contribution < 1.29 is 14.2 Å². The van der Waals surface area contributed by atoms with E-state index in [-0.39, 0.29) is 32.0 Å². The highest BCUT2D eigenvalue weighted by Gasteiger charge is 2.23. The maximum Gasteiger partial charge on any atom is 0.129 e. The number of aliphatic hydroxyl groups is 1. The first-order valence-electron chi connectivity index (χ1n) is 10.0. The van der Waals surface area contributed by atoms with E-state index in [4.69, 9.17) is 4.74 Å². The Hall–Kier alpha value is -2.80. The molecule has 0 radical (unpaired) electrons. The number of aliphatic hydroxyl groups excluding tert-OH is 1. The first-order chi connectivity index (χ1) is 14.7. The molecule has 0 amide bonds. The van der Waals surface area contributed by atoms with E-state index < -0.39 is 6.10 Å².